The Morgan fingerprint density at radius 3 is 2.22 bits per heavy atom. The highest BCUT2D eigenvalue weighted by atomic mass is 19.1. The maximum Gasteiger partial charge on any atom is 0.311 e. The maximum atomic E-state index is 13.3. The van der Waals surface area contributed by atoms with Crippen molar-refractivity contribution in [3.05, 3.63) is 119 Å². The summed E-state index contributed by atoms with van der Waals surface area (Å²) in [7, 11) is 0. The molecule has 0 bridgehead atoms. The molecule has 2 heterocycles. The molecule has 11 heteroatoms. The van der Waals surface area contributed by atoms with E-state index in [0.717, 1.165) is 31.2 Å². The van der Waals surface area contributed by atoms with Gasteiger partial charge in [-0.25, -0.2) is 8.78 Å². The predicted molar refractivity (Wildman–Crippen MR) is 224 cm³/mol. The van der Waals surface area contributed by atoms with Crippen LogP contribution in [0.1, 0.15) is 109 Å². The number of rotatable bonds is 12. The average Bonchev–Trinajstić information content (AvgIpc) is 3.20. The molecule has 2 saturated heterocycles. The summed E-state index contributed by atoms with van der Waals surface area (Å²) in [6, 6.07) is 17.7. The van der Waals surface area contributed by atoms with Crippen LogP contribution in [0.2, 0.25) is 0 Å². The number of benzene rings is 3. The Kier molecular flexibility index (Phi) is 14.3. The number of carbonyl (C=O) groups is 3. The summed E-state index contributed by atoms with van der Waals surface area (Å²) in [6.45, 7) is 10.3. The number of hydrogen-bond acceptors (Lipinski definition) is 8. The number of aliphatic hydroxyl groups excluding tert-OH is 2. The first-order valence-electron chi connectivity index (χ1n) is 21.3. The molecule has 10 atom stereocenters. The van der Waals surface area contributed by atoms with Crippen molar-refractivity contribution >= 4 is 23.5 Å². The van der Waals surface area contributed by atoms with Crippen LogP contribution in [-0.4, -0.2) is 51.5 Å². The number of aliphatic hydroxyl groups is 2. The minimum Gasteiger partial charge on any atom is -0.508 e. The minimum atomic E-state index is -0.807. The molecule has 2 fully saturated rings. The van der Waals surface area contributed by atoms with Gasteiger partial charge in [-0.3, -0.25) is 14.4 Å². The van der Waals surface area contributed by atoms with E-state index in [4.69, 9.17) is 9.47 Å². The fourth-order valence-electron chi connectivity index (χ4n) is 9.04. The molecule has 0 aromatic heterocycles. The second-order valence-electron chi connectivity index (χ2n) is 17.7. The lowest BCUT2D eigenvalue weighted by Crippen LogP contribution is -2.55. The molecule has 2 aliphatic heterocycles. The van der Waals surface area contributed by atoms with Crippen LogP contribution in [0.25, 0.3) is 0 Å². The van der Waals surface area contributed by atoms with E-state index in [1.807, 2.05) is 20.8 Å². The van der Waals surface area contributed by atoms with Crippen LogP contribution in [0, 0.1) is 46.6 Å². The number of amides is 1. The van der Waals surface area contributed by atoms with E-state index in [1.54, 1.807) is 41.3 Å². The van der Waals surface area contributed by atoms with Crippen molar-refractivity contribution in [3.8, 4) is 5.75 Å². The second kappa shape index (κ2) is 19.2. The van der Waals surface area contributed by atoms with Gasteiger partial charge in [0.2, 0.25) is 5.91 Å². The van der Waals surface area contributed by atoms with Gasteiger partial charge in [0.1, 0.15) is 29.6 Å². The SMILES string of the molecule is CCC(C)(C)C(=O)O[C@H]1C[C@@H](C)C=C2C=C[C@H](C)[C@H](CC[C@@H]3C[C@@H](O)CC(=O)O3)[C@H]21.O=C1[C@H](CC[C@H](O)c2ccc(F)cc2)[C@@H](c2ccc(O)cc2)N1c1ccc(F)cc1. The lowest BCUT2D eigenvalue weighted by molar-refractivity contribution is -0.166. The number of carbonyl (C=O) groups excluding carboxylic acids is 3. The van der Waals surface area contributed by atoms with Crippen LogP contribution >= 0.6 is 0 Å². The van der Waals surface area contributed by atoms with Gasteiger partial charge in [-0.1, -0.05) is 63.3 Å². The Morgan fingerprint density at radius 2 is 1.58 bits per heavy atom. The summed E-state index contributed by atoms with van der Waals surface area (Å²) in [6.07, 6.45) is 9.58. The Bertz CT molecular complexity index is 2010. The van der Waals surface area contributed by atoms with Crippen molar-refractivity contribution in [2.24, 2.45) is 35.0 Å². The molecule has 0 unspecified atom stereocenters. The third kappa shape index (κ3) is 10.5. The standard InChI is InChI=1S/C25H38O5.C24H21F2NO3/c1-6-25(4,5)24(28)30-21-12-15(2)11-17-8-7-16(3)20(23(17)21)10-9-19-13-18(26)14-22(27)29-19;25-17-5-1-15(2-6-17)22(29)14-13-21-23(16-3-11-20(28)12-4-16)27(24(21)30)19-9-7-18(26)8-10-19/h7-8,11,15-16,18-21,23,26H,6,9-10,12-14H2,1-5H3;1-12,21-23,28-29H,13-14H2/t15-,16-,18+,19+,20-,21-,23-;21-,22+,23-/m01/s1. The lowest BCUT2D eigenvalue weighted by atomic mass is 9.65. The first-order valence-corrected chi connectivity index (χ1v) is 21.3. The van der Waals surface area contributed by atoms with Crippen molar-refractivity contribution in [1.82, 2.24) is 0 Å². The minimum absolute atomic E-state index is 0.0949. The van der Waals surface area contributed by atoms with Gasteiger partial charge in [-0.2, -0.15) is 0 Å². The van der Waals surface area contributed by atoms with Gasteiger partial charge in [0.15, 0.2) is 0 Å². The molecular formula is C49H59F2NO8. The first kappa shape index (κ1) is 44.7. The first-order chi connectivity index (χ1) is 28.5. The van der Waals surface area contributed by atoms with Crippen LogP contribution in [0.15, 0.2) is 96.6 Å². The van der Waals surface area contributed by atoms with Gasteiger partial charge in [0.25, 0.3) is 0 Å². The number of phenolic OH excluding ortho intramolecular Hbond substituents is 1. The van der Waals surface area contributed by atoms with Crippen molar-refractivity contribution in [3.63, 3.8) is 0 Å². The van der Waals surface area contributed by atoms with Gasteiger partial charge >= 0.3 is 11.9 Å². The smallest absolute Gasteiger partial charge is 0.311 e. The Balaban J connectivity index is 0.000000201. The Labute approximate surface area is 352 Å². The molecule has 4 aliphatic rings. The van der Waals surface area contributed by atoms with E-state index in [0.29, 0.717) is 48.3 Å². The Morgan fingerprint density at radius 1 is 0.933 bits per heavy atom. The number of nitrogens with zero attached hydrogens (tertiary/aromatic N) is 1. The number of ether oxygens (including phenoxy) is 2. The number of esters is 2. The van der Waals surface area contributed by atoms with Crippen LogP contribution < -0.4 is 4.90 Å². The molecule has 2 aliphatic carbocycles. The summed E-state index contributed by atoms with van der Waals surface area (Å²) in [5.74, 6) is -0.325. The lowest BCUT2D eigenvalue weighted by Gasteiger charge is -2.48. The van der Waals surface area contributed by atoms with Gasteiger partial charge in [0, 0.05) is 18.0 Å². The van der Waals surface area contributed by atoms with E-state index < -0.39 is 17.6 Å². The van der Waals surface area contributed by atoms with Crippen LogP contribution in [0.5, 0.6) is 5.75 Å². The van der Waals surface area contributed by atoms with E-state index in [9.17, 15) is 38.5 Å². The summed E-state index contributed by atoms with van der Waals surface area (Å²) in [4.78, 5) is 39.1. The number of anilines is 1. The molecule has 9 nitrogen and oxygen atoms in total. The third-order valence-corrected chi connectivity index (χ3v) is 12.9. The fraction of sp³-hybridized carbons (Fsp3) is 0.490. The van der Waals surface area contributed by atoms with E-state index >= 15 is 0 Å². The van der Waals surface area contributed by atoms with Crippen LogP contribution in [0.4, 0.5) is 14.5 Å². The molecule has 60 heavy (non-hydrogen) atoms. The molecule has 3 N–H and O–H groups in total. The topological polar surface area (TPSA) is 134 Å². The zero-order chi connectivity index (χ0) is 43.3. The van der Waals surface area contributed by atoms with Crippen molar-refractivity contribution < 1.29 is 48.0 Å². The largest absolute Gasteiger partial charge is 0.508 e. The molecular weight excluding hydrogens is 769 g/mol. The molecule has 0 saturated carbocycles. The molecule has 3 aromatic rings. The molecule has 322 valence electrons. The fourth-order valence-corrected chi connectivity index (χ4v) is 9.04. The Hall–Kier alpha value is -4.87. The number of halogens is 2. The van der Waals surface area contributed by atoms with Gasteiger partial charge < -0.3 is 29.7 Å². The number of hydrogen-bond donors (Lipinski definition) is 3. The zero-order valence-corrected chi connectivity index (χ0v) is 35.2. The second-order valence-corrected chi connectivity index (χ2v) is 17.7. The highest BCUT2D eigenvalue weighted by molar-refractivity contribution is 6.03. The predicted octanol–water partition coefficient (Wildman–Crippen LogP) is 9.47. The average molecular weight is 828 g/mol. The summed E-state index contributed by atoms with van der Waals surface area (Å²) < 4.78 is 38.0. The summed E-state index contributed by atoms with van der Waals surface area (Å²) in [5.41, 5.74) is 2.82. The van der Waals surface area contributed by atoms with E-state index in [2.05, 4.69) is 32.1 Å². The van der Waals surface area contributed by atoms with Crippen molar-refractivity contribution in [2.45, 2.75) is 116 Å². The van der Waals surface area contributed by atoms with Gasteiger partial charge in [0.05, 0.1) is 36.0 Å². The number of fused-ring (bicyclic) bond motifs is 1. The third-order valence-electron chi connectivity index (χ3n) is 12.9. The van der Waals surface area contributed by atoms with E-state index in [1.165, 1.54) is 42.0 Å². The summed E-state index contributed by atoms with van der Waals surface area (Å²) >= 11 is 0. The van der Waals surface area contributed by atoms with Crippen molar-refractivity contribution in [2.75, 3.05) is 4.90 Å². The molecule has 1 amide bonds. The number of aromatic hydroxyl groups is 1. The molecule has 3 aromatic carbocycles. The maximum absolute atomic E-state index is 13.3. The highest BCUT2D eigenvalue weighted by Gasteiger charge is 2.48. The van der Waals surface area contributed by atoms with Crippen LogP contribution in [-0.2, 0) is 23.9 Å². The molecule has 0 radical (unpaired) electrons. The number of allylic oxidation sites excluding steroid dienone is 3. The zero-order valence-electron chi connectivity index (χ0n) is 35.2. The monoisotopic (exact) mass is 827 g/mol. The number of β-lactam (4-membered cyclic amide) rings is 1. The quantitative estimate of drug-likeness (QED) is 0.122. The molecule has 0 spiro atoms. The number of phenols is 1. The van der Waals surface area contributed by atoms with Crippen molar-refractivity contribution in [1.29, 1.82) is 0 Å². The van der Waals surface area contributed by atoms with Crippen LogP contribution in [0.3, 0.4) is 0 Å². The van der Waals surface area contributed by atoms with Gasteiger partial charge in [-0.15, -0.1) is 0 Å². The summed E-state index contributed by atoms with van der Waals surface area (Å²) in [5, 5.41) is 30.0. The normalized spacial score (nSPS) is 28.0. The van der Waals surface area contributed by atoms with E-state index in [-0.39, 0.29) is 71.7 Å². The highest BCUT2D eigenvalue weighted by Crippen LogP contribution is 2.48. The number of cyclic esters (lactones) is 1. The molecule has 7 rings (SSSR count). The van der Waals surface area contributed by atoms with Gasteiger partial charge in [-0.05, 0) is 135 Å².